The molecule has 0 fully saturated rings. The molecule has 5 nitrogen and oxygen atoms in total. The monoisotopic (exact) mass is 465 g/mol. The van der Waals surface area contributed by atoms with Gasteiger partial charge in [-0.1, -0.05) is 0 Å². The van der Waals surface area contributed by atoms with Crippen LogP contribution in [-0.4, -0.2) is 36.1 Å². The predicted octanol–water partition coefficient (Wildman–Crippen LogP) is 3.09. The van der Waals surface area contributed by atoms with Crippen molar-refractivity contribution in [3.63, 3.8) is 0 Å². The minimum atomic E-state index is 0. The molecule has 0 aliphatic rings. The molecule has 2 N–H and O–H groups in total. The highest BCUT2D eigenvalue weighted by Crippen LogP contribution is 2.16. The smallest absolute Gasteiger partial charge is 0.191 e. The molecule has 8 heteroatoms. The molecule has 0 saturated heterocycles. The third-order valence-electron chi connectivity index (χ3n) is 3.27. The number of rotatable bonds is 6. The highest BCUT2D eigenvalue weighted by molar-refractivity contribution is 14.0. The van der Waals surface area contributed by atoms with Gasteiger partial charge in [-0.25, -0.2) is 9.97 Å². The first-order valence-corrected chi connectivity index (χ1v) is 9.06. The lowest BCUT2D eigenvalue weighted by molar-refractivity contribution is 0.775. The molecule has 0 spiro atoms. The Morgan fingerprint density at radius 2 is 1.83 bits per heavy atom. The standard InChI is InChI=1S/C15H23N5S2.HI/c1-10-11(2)22-14(19-10)6-8-18-15(16-4)17-7-5-13-9-21-12(3)20-13;/h9H,5-8H2,1-4H3,(H2,16,17,18);1H. The minimum Gasteiger partial charge on any atom is -0.356 e. The summed E-state index contributed by atoms with van der Waals surface area (Å²) < 4.78 is 0. The fourth-order valence-corrected chi connectivity index (χ4v) is 3.57. The summed E-state index contributed by atoms with van der Waals surface area (Å²) in [6.07, 6.45) is 1.83. The number of aliphatic imine (C=N–C) groups is 1. The fraction of sp³-hybridized carbons (Fsp3) is 0.533. The Hall–Kier alpha value is -0.740. The van der Waals surface area contributed by atoms with E-state index in [-0.39, 0.29) is 24.0 Å². The maximum atomic E-state index is 4.55. The maximum absolute atomic E-state index is 4.55. The third-order valence-corrected chi connectivity index (χ3v) is 5.22. The zero-order valence-corrected chi connectivity index (χ0v) is 17.9. The van der Waals surface area contributed by atoms with Gasteiger partial charge in [-0.2, -0.15) is 0 Å². The zero-order chi connectivity index (χ0) is 15.9. The molecule has 0 bridgehead atoms. The third kappa shape index (κ3) is 6.72. The Morgan fingerprint density at radius 1 is 1.13 bits per heavy atom. The summed E-state index contributed by atoms with van der Waals surface area (Å²) in [5.74, 6) is 0.831. The van der Waals surface area contributed by atoms with Crippen LogP contribution in [0.3, 0.4) is 0 Å². The molecule has 2 rings (SSSR count). The number of nitrogens with one attached hydrogen (secondary N) is 2. The normalized spacial score (nSPS) is 11.2. The van der Waals surface area contributed by atoms with E-state index in [9.17, 15) is 0 Å². The van der Waals surface area contributed by atoms with Crippen molar-refractivity contribution in [3.8, 4) is 0 Å². The van der Waals surface area contributed by atoms with Gasteiger partial charge in [0.15, 0.2) is 5.96 Å². The molecule has 0 atom stereocenters. The lowest BCUT2D eigenvalue weighted by Gasteiger charge is -2.10. The van der Waals surface area contributed by atoms with Gasteiger partial charge >= 0.3 is 0 Å². The van der Waals surface area contributed by atoms with Crippen LogP contribution in [0.2, 0.25) is 0 Å². The van der Waals surface area contributed by atoms with Crippen LogP contribution in [0.15, 0.2) is 10.4 Å². The number of thiazole rings is 2. The number of hydrogen-bond acceptors (Lipinski definition) is 5. The first kappa shape index (κ1) is 20.3. The van der Waals surface area contributed by atoms with Crippen LogP contribution in [0.4, 0.5) is 0 Å². The lowest BCUT2D eigenvalue weighted by Crippen LogP contribution is -2.39. The maximum Gasteiger partial charge on any atom is 0.191 e. The molecule has 2 aromatic heterocycles. The summed E-state index contributed by atoms with van der Waals surface area (Å²) in [4.78, 5) is 14.5. The molecule has 23 heavy (non-hydrogen) atoms. The molecular weight excluding hydrogens is 441 g/mol. The van der Waals surface area contributed by atoms with Crippen molar-refractivity contribution in [1.82, 2.24) is 20.6 Å². The molecule has 0 aliphatic heterocycles. The SMILES string of the molecule is CN=C(NCCc1csc(C)n1)NCCc1nc(C)c(C)s1.I. The van der Waals surface area contributed by atoms with Crippen molar-refractivity contribution in [3.05, 3.63) is 31.7 Å². The van der Waals surface area contributed by atoms with Crippen molar-refractivity contribution < 1.29 is 0 Å². The highest BCUT2D eigenvalue weighted by atomic mass is 127. The molecule has 0 aliphatic carbocycles. The number of aryl methyl sites for hydroxylation is 3. The Kier molecular flexibility index (Phi) is 9.00. The highest BCUT2D eigenvalue weighted by Gasteiger charge is 2.04. The van der Waals surface area contributed by atoms with Crippen LogP contribution < -0.4 is 10.6 Å². The Balaban J connectivity index is 0.00000264. The topological polar surface area (TPSA) is 62.2 Å². The summed E-state index contributed by atoms with van der Waals surface area (Å²) >= 11 is 3.47. The summed E-state index contributed by atoms with van der Waals surface area (Å²) in [5.41, 5.74) is 2.28. The Morgan fingerprint density at radius 3 is 2.35 bits per heavy atom. The van der Waals surface area contributed by atoms with E-state index in [1.807, 2.05) is 6.92 Å². The number of hydrogen-bond donors (Lipinski definition) is 2. The second kappa shape index (κ2) is 10.2. The van der Waals surface area contributed by atoms with Crippen LogP contribution in [0, 0.1) is 20.8 Å². The van der Waals surface area contributed by atoms with E-state index < -0.39 is 0 Å². The summed E-state index contributed by atoms with van der Waals surface area (Å²) in [7, 11) is 1.79. The van der Waals surface area contributed by atoms with E-state index in [1.54, 1.807) is 29.7 Å². The molecule has 0 unspecified atom stereocenters. The van der Waals surface area contributed by atoms with E-state index in [0.717, 1.165) is 48.3 Å². The average Bonchev–Trinajstić information content (AvgIpc) is 3.03. The van der Waals surface area contributed by atoms with Gasteiger partial charge < -0.3 is 10.6 Å². The quantitative estimate of drug-likeness (QED) is 0.391. The predicted molar refractivity (Wildman–Crippen MR) is 111 cm³/mol. The number of aromatic nitrogens is 2. The van der Waals surface area contributed by atoms with Gasteiger partial charge in [0.25, 0.3) is 0 Å². The van der Waals surface area contributed by atoms with Gasteiger partial charge in [0, 0.05) is 43.2 Å². The van der Waals surface area contributed by atoms with Crippen LogP contribution >= 0.6 is 46.7 Å². The van der Waals surface area contributed by atoms with E-state index >= 15 is 0 Å². The van der Waals surface area contributed by atoms with Crippen molar-refractivity contribution in [1.29, 1.82) is 0 Å². The van der Waals surface area contributed by atoms with E-state index in [2.05, 4.69) is 44.8 Å². The molecule has 0 radical (unpaired) electrons. The minimum absolute atomic E-state index is 0. The van der Waals surface area contributed by atoms with E-state index in [1.165, 1.54) is 9.88 Å². The van der Waals surface area contributed by atoms with Gasteiger partial charge in [-0.15, -0.1) is 46.7 Å². The molecule has 0 aromatic carbocycles. The van der Waals surface area contributed by atoms with E-state index in [0.29, 0.717) is 0 Å². The van der Waals surface area contributed by atoms with Crippen LogP contribution in [0.25, 0.3) is 0 Å². The van der Waals surface area contributed by atoms with Gasteiger partial charge in [0.2, 0.25) is 0 Å². The molecule has 0 saturated carbocycles. The fourth-order valence-electron chi connectivity index (χ4n) is 1.99. The van der Waals surface area contributed by atoms with Crippen molar-refractivity contribution in [2.75, 3.05) is 20.1 Å². The van der Waals surface area contributed by atoms with Gasteiger partial charge in [-0.3, -0.25) is 4.99 Å². The summed E-state index contributed by atoms with van der Waals surface area (Å²) in [6.45, 7) is 7.87. The van der Waals surface area contributed by atoms with Gasteiger partial charge in [0.1, 0.15) is 0 Å². The van der Waals surface area contributed by atoms with Crippen molar-refractivity contribution in [2.45, 2.75) is 33.6 Å². The van der Waals surface area contributed by atoms with Crippen LogP contribution in [-0.2, 0) is 12.8 Å². The number of halogens is 1. The summed E-state index contributed by atoms with van der Waals surface area (Å²) in [5, 5.41) is 11.0. The summed E-state index contributed by atoms with van der Waals surface area (Å²) in [6, 6.07) is 0. The van der Waals surface area contributed by atoms with Gasteiger partial charge in [-0.05, 0) is 20.8 Å². The van der Waals surface area contributed by atoms with Crippen LogP contribution in [0.1, 0.15) is 26.3 Å². The Labute approximate surface area is 163 Å². The van der Waals surface area contributed by atoms with E-state index in [4.69, 9.17) is 0 Å². The second-order valence-electron chi connectivity index (χ2n) is 5.03. The first-order chi connectivity index (χ1) is 10.6. The Bertz CT molecular complexity index is 616. The molecule has 0 amide bonds. The van der Waals surface area contributed by atoms with Crippen LogP contribution in [0.5, 0.6) is 0 Å². The molecule has 2 heterocycles. The molecular formula is C15H24IN5S2. The van der Waals surface area contributed by atoms with Gasteiger partial charge in [0.05, 0.1) is 21.4 Å². The first-order valence-electron chi connectivity index (χ1n) is 7.37. The van der Waals surface area contributed by atoms with Crippen molar-refractivity contribution >= 4 is 52.6 Å². The zero-order valence-electron chi connectivity index (χ0n) is 14.0. The molecule has 2 aromatic rings. The number of guanidine groups is 1. The number of nitrogens with zero attached hydrogens (tertiary/aromatic N) is 3. The second-order valence-corrected chi connectivity index (χ2v) is 7.38. The largest absolute Gasteiger partial charge is 0.356 e. The van der Waals surface area contributed by atoms with Crippen molar-refractivity contribution in [2.24, 2.45) is 4.99 Å². The average molecular weight is 465 g/mol. The lowest BCUT2D eigenvalue weighted by atomic mass is 10.3. The molecule has 128 valence electrons.